The Morgan fingerprint density at radius 3 is 2.37 bits per heavy atom. The number of likely N-dealkylation sites (N-methyl/N-ethyl adjacent to an activating group) is 1. The number of hydrogen-bond acceptors (Lipinski definition) is 4. The maximum atomic E-state index is 12.5. The average molecular weight is 264 g/mol. The minimum Gasteiger partial charge on any atom is -0.497 e. The summed E-state index contributed by atoms with van der Waals surface area (Å²) in [4.78, 5) is 16.6. The lowest BCUT2D eigenvalue weighted by Gasteiger charge is -2.32. The summed E-state index contributed by atoms with van der Waals surface area (Å²) >= 11 is 0. The number of ether oxygens (including phenoxy) is 2. The summed E-state index contributed by atoms with van der Waals surface area (Å²) in [5.41, 5.74) is 0.561. The van der Waals surface area contributed by atoms with E-state index in [-0.39, 0.29) is 5.91 Å². The molecule has 0 aromatic heterocycles. The van der Waals surface area contributed by atoms with Crippen molar-refractivity contribution in [1.82, 2.24) is 9.80 Å². The predicted molar refractivity (Wildman–Crippen MR) is 72.9 cm³/mol. The summed E-state index contributed by atoms with van der Waals surface area (Å²) in [6.45, 7) is 3.29. The molecule has 1 aromatic carbocycles. The maximum Gasteiger partial charge on any atom is 0.257 e. The Kier molecular flexibility index (Phi) is 4.27. The van der Waals surface area contributed by atoms with E-state index in [0.717, 1.165) is 26.2 Å². The zero-order chi connectivity index (χ0) is 13.8. The highest BCUT2D eigenvalue weighted by atomic mass is 16.5. The van der Waals surface area contributed by atoms with E-state index in [2.05, 4.69) is 11.9 Å². The van der Waals surface area contributed by atoms with Crippen LogP contribution in [0, 0.1) is 0 Å². The highest BCUT2D eigenvalue weighted by Crippen LogP contribution is 2.25. The fourth-order valence-corrected chi connectivity index (χ4v) is 2.16. The number of carbonyl (C=O) groups is 1. The fraction of sp³-hybridized carbons (Fsp3) is 0.500. The third-order valence-corrected chi connectivity index (χ3v) is 3.43. The van der Waals surface area contributed by atoms with Crippen LogP contribution in [0.15, 0.2) is 18.2 Å². The normalized spacial score (nSPS) is 16.3. The molecule has 5 nitrogen and oxygen atoms in total. The van der Waals surface area contributed by atoms with E-state index in [1.807, 2.05) is 4.90 Å². The van der Waals surface area contributed by atoms with E-state index in [1.165, 1.54) is 0 Å². The van der Waals surface area contributed by atoms with E-state index < -0.39 is 0 Å². The van der Waals surface area contributed by atoms with Crippen molar-refractivity contribution < 1.29 is 14.3 Å². The molecular weight excluding hydrogens is 244 g/mol. The smallest absolute Gasteiger partial charge is 0.257 e. The number of nitrogens with zero attached hydrogens (tertiary/aromatic N) is 2. The monoisotopic (exact) mass is 264 g/mol. The molecule has 5 heteroatoms. The Balaban J connectivity index is 2.22. The Bertz CT molecular complexity index is 454. The molecule has 0 unspecified atom stereocenters. The van der Waals surface area contributed by atoms with E-state index in [9.17, 15) is 4.79 Å². The van der Waals surface area contributed by atoms with E-state index in [0.29, 0.717) is 17.1 Å². The maximum absolute atomic E-state index is 12.5. The molecule has 0 saturated carbocycles. The summed E-state index contributed by atoms with van der Waals surface area (Å²) in [5, 5.41) is 0. The average Bonchev–Trinajstić information content (AvgIpc) is 2.46. The van der Waals surface area contributed by atoms with Gasteiger partial charge < -0.3 is 19.3 Å². The van der Waals surface area contributed by atoms with Gasteiger partial charge in [0, 0.05) is 26.2 Å². The third kappa shape index (κ3) is 2.98. The van der Waals surface area contributed by atoms with Crippen LogP contribution < -0.4 is 9.47 Å². The Morgan fingerprint density at radius 1 is 1.11 bits per heavy atom. The van der Waals surface area contributed by atoms with Gasteiger partial charge in [-0.1, -0.05) is 0 Å². The molecule has 1 fully saturated rings. The first-order chi connectivity index (χ1) is 9.15. The number of rotatable bonds is 3. The largest absolute Gasteiger partial charge is 0.497 e. The summed E-state index contributed by atoms with van der Waals surface area (Å²) in [7, 11) is 5.22. The van der Waals surface area contributed by atoms with Crippen molar-refractivity contribution in [1.29, 1.82) is 0 Å². The van der Waals surface area contributed by atoms with Crippen LogP contribution in [0.5, 0.6) is 11.5 Å². The van der Waals surface area contributed by atoms with Gasteiger partial charge in [0.05, 0.1) is 19.8 Å². The van der Waals surface area contributed by atoms with Crippen molar-refractivity contribution in [3.8, 4) is 11.5 Å². The van der Waals surface area contributed by atoms with E-state index in [1.54, 1.807) is 32.4 Å². The topological polar surface area (TPSA) is 42.0 Å². The Labute approximate surface area is 113 Å². The summed E-state index contributed by atoms with van der Waals surface area (Å²) in [6.07, 6.45) is 0. The first-order valence-electron chi connectivity index (χ1n) is 6.35. The van der Waals surface area contributed by atoms with Gasteiger partial charge in [-0.2, -0.15) is 0 Å². The lowest BCUT2D eigenvalue weighted by molar-refractivity contribution is 0.0660. The summed E-state index contributed by atoms with van der Waals surface area (Å²) in [5.74, 6) is 1.26. The van der Waals surface area contributed by atoms with Gasteiger partial charge in [0.15, 0.2) is 0 Å². The molecule has 1 aromatic rings. The molecule has 0 aliphatic carbocycles. The van der Waals surface area contributed by atoms with Crippen LogP contribution in [0.3, 0.4) is 0 Å². The first kappa shape index (κ1) is 13.7. The van der Waals surface area contributed by atoms with Gasteiger partial charge in [0.1, 0.15) is 11.5 Å². The summed E-state index contributed by atoms with van der Waals surface area (Å²) in [6, 6.07) is 5.29. The second-order valence-electron chi connectivity index (χ2n) is 4.66. The van der Waals surface area contributed by atoms with E-state index >= 15 is 0 Å². The van der Waals surface area contributed by atoms with Crippen molar-refractivity contribution in [2.45, 2.75) is 0 Å². The van der Waals surface area contributed by atoms with Crippen LogP contribution in [0.1, 0.15) is 10.4 Å². The molecule has 1 amide bonds. The van der Waals surface area contributed by atoms with Crippen LogP contribution >= 0.6 is 0 Å². The highest BCUT2D eigenvalue weighted by Gasteiger charge is 2.23. The van der Waals surface area contributed by atoms with Crippen LogP contribution in [0.25, 0.3) is 0 Å². The first-order valence-corrected chi connectivity index (χ1v) is 6.35. The van der Waals surface area contributed by atoms with Gasteiger partial charge in [-0.15, -0.1) is 0 Å². The van der Waals surface area contributed by atoms with Crippen LogP contribution in [0.2, 0.25) is 0 Å². The van der Waals surface area contributed by atoms with Crippen LogP contribution in [-0.4, -0.2) is 63.2 Å². The summed E-state index contributed by atoms with van der Waals surface area (Å²) < 4.78 is 10.4. The molecule has 1 aliphatic heterocycles. The number of benzene rings is 1. The van der Waals surface area contributed by atoms with Gasteiger partial charge in [0.25, 0.3) is 5.91 Å². The molecule has 1 saturated heterocycles. The molecule has 2 rings (SSSR count). The minimum atomic E-state index is 0.00356. The van der Waals surface area contributed by atoms with Crippen molar-refractivity contribution in [2.75, 3.05) is 47.4 Å². The van der Waals surface area contributed by atoms with Gasteiger partial charge in [-0.25, -0.2) is 0 Å². The quantitative estimate of drug-likeness (QED) is 0.819. The molecule has 0 bridgehead atoms. The second kappa shape index (κ2) is 5.93. The van der Waals surface area contributed by atoms with Crippen molar-refractivity contribution in [2.24, 2.45) is 0 Å². The zero-order valence-corrected chi connectivity index (χ0v) is 11.7. The SMILES string of the molecule is COc1ccc(OC)c(C(=O)N2CCN(C)CC2)c1. The van der Waals surface area contributed by atoms with Gasteiger partial charge in [0.2, 0.25) is 0 Å². The van der Waals surface area contributed by atoms with Gasteiger partial charge in [-0.05, 0) is 25.2 Å². The van der Waals surface area contributed by atoms with Crippen molar-refractivity contribution in [3.63, 3.8) is 0 Å². The molecular formula is C14H20N2O3. The molecule has 0 spiro atoms. The number of carbonyl (C=O) groups excluding carboxylic acids is 1. The van der Waals surface area contributed by atoms with E-state index in [4.69, 9.17) is 9.47 Å². The molecule has 0 atom stereocenters. The second-order valence-corrected chi connectivity index (χ2v) is 4.66. The minimum absolute atomic E-state index is 0.00356. The molecule has 19 heavy (non-hydrogen) atoms. The standard InChI is InChI=1S/C14H20N2O3/c1-15-6-8-16(9-7-15)14(17)12-10-11(18-2)4-5-13(12)19-3/h4-5,10H,6-9H2,1-3H3. The fourth-order valence-electron chi connectivity index (χ4n) is 2.16. The Hall–Kier alpha value is -1.75. The molecule has 1 heterocycles. The number of amides is 1. The zero-order valence-electron chi connectivity index (χ0n) is 11.7. The van der Waals surface area contributed by atoms with Crippen molar-refractivity contribution in [3.05, 3.63) is 23.8 Å². The third-order valence-electron chi connectivity index (χ3n) is 3.43. The van der Waals surface area contributed by atoms with Crippen LogP contribution in [-0.2, 0) is 0 Å². The molecule has 1 aliphatic rings. The van der Waals surface area contributed by atoms with Crippen LogP contribution in [0.4, 0.5) is 0 Å². The number of piperazine rings is 1. The number of hydrogen-bond donors (Lipinski definition) is 0. The highest BCUT2D eigenvalue weighted by molar-refractivity contribution is 5.97. The molecule has 0 radical (unpaired) electrons. The number of methoxy groups -OCH3 is 2. The predicted octanol–water partition coefficient (Wildman–Crippen LogP) is 1.09. The van der Waals surface area contributed by atoms with Gasteiger partial charge >= 0.3 is 0 Å². The van der Waals surface area contributed by atoms with Gasteiger partial charge in [-0.3, -0.25) is 4.79 Å². The van der Waals surface area contributed by atoms with Crippen molar-refractivity contribution >= 4 is 5.91 Å². The Morgan fingerprint density at radius 2 is 1.79 bits per heavy atom. The lowest BCUT2D eigenvalue weighted by atomic mass is 10.1. The molecule has 0 N–H and O–H groups in total. The molecule has 104 valence electrons. The lowest BCUT2D eigenvalue weighted by Crippen LogP contribution is -2.47.